The largest absolute Gasteiger partial charge is 0.475 e. The first-order valence-corrected chi connectivity index (χ1v) is 12.4. The number of Topliss-reactive ketones (excluding diaryl/α,β-unsaturated/α-hetero) is 1. The molecule has 2 rings (SSSR count). The number of carboxylic acids is 1. The van der Waals surface area contributed by atoms with E-state index in [1.807, 2.05) is 0 Å². The van der Waals surface area contributed by atoms with Crippen LogP contribution in [0.15, 0.2) is 30.3 Å². The minimum absolute atomic E-state index is 0.000338. The van der Waals surface area contributed by atoms with Crippen molar-refractivity contribution in [1.82, 2.24) is 15.5 Å². The molecular weight excluding hydrogens is 474 g/mol. The molecule has 0 radical (unpaired) electrons. The lowest BCUT2D eigenvalue weighted by Gasteiger charge is -2.31. The van der Waals surface area contributed by atoms with Gasteiger partial charge in [0.25, 0.3) is 5.78 Å². The van der Waals surface area contributed by atoms with Crippen LogP contribution in [0.5, 0.6) is 0 Å². The van der Waals surface area contributed by atoms with E-state index in [0.29, 0.717) is 5.56 Å². The number of ether oxygens (including phenoxy) is 1. The summed E-state index contributed by atoms with van der Waals surface area (Å²) in [7, 11) is 0. The molecule has 10 nitrogen and oxygen atoms in total. The number of carbonyl (C=O) groups excluding carboxylic acids is 4. The summed E-state index contributed by atoms with van der Waals surface area (Å²) in [5.41, 5.74) is -0.0621. The monoisotopic (exact) mass is 507 g/mol. The normalized spacial score (nSPS) is 17.4. The van der Waals surface area contributed by atoms with Crippen molar-refractivity contribution < 1.29 is 33.8 Å². The Morgan fingerprint density at radius 1 is 1.11 bits per heavy atom. The van der Waals surface area contributed by atoms with Crippen LogP contribution in [0.2, 0.25) is 0 Å². The number of nitrogens with zero attached hydrogens (tertiary/aromatic N) is 1. The molecule has 35 heavy (non-hydrogen) atoms. The third kappa shape index (κ3) is 8.27. The fourth-order valence-electron chi connectivity index (χ4n) is 3.48. The summed E-state index contributed by atoms with van der Waals surface area (Å²) in [5.74, 6) is -3.68. The zero-order valence-corrected chi connectivity index (χ0v) is 21.4. The van der Waals surface area contributed by atoms with Crippen LogP contribution in [0.1, 0.15) is 40.2 Å². The Balaban J connectivity index is 2.16. The van der Waals surface area contributed by atoms with Crippen LogP contribution in [-0.4, -0.2) is 75.0 Å². The molecule has 1 aromatic carbocycles. The number of carbonyl (C=O) groups is 5. The molecule has 3 N–H and O–H groups in total. The summed E-state index contributed by atoms with van der Waals surface area (Å²) in [4.78, 5) is 63.7. The first kappa shape index (κ1) is 28.2. The Hall–Kier alpha value is -3.08. The molecule has 1 fully saturated rings. The summed E-state index contributed by atoms with van der Waals surface area (Å²) in [6, 6.07) is 5.59. The first-order valence-electron chi connectivity index (χ1n) is 11.3. The molecule has 1 aliphatic rings. The Morgan fingerprint density at radius 2 is 1.74 bits per heavy atom. The van der Waals surface area contributed by atoms with Gasteiger partial charge in [-0.1, -0.05) is 44.2 Å². The summed E-state index contributed by atoms with van der Waals surface area (Å²) in [6.45, 7) is 8.65. The summed E-state index contributed by atoms with van der Waals surface area (Å²) in [6.07, 6.45) is -0.743. The molecule has 11 heteroatoms. The molecular formula is C24H33N3O7S. The molecule has 192 valence electrons. The minimum Gasteiger partial charge on any atom is -0.475 e. The predicted molar refractivity (Wildman–Crippen MR) is 131 cm³/mol. The van der Waals surface area contributed by atoms with E-state index in [9.17, 15) is 29.1 Å². The maximum absolute atomic E-state index is 13.3. The smallest absolute Gasteiger partial charge is 0.408 e. The van der Waals surface area contributed by atoms with Crippen LogP contribution in [-0.2, 0) is 30.3 Å². The number of benzene rings is 1. The number of hydrogen-bond acceptors (Lipinski definition) is 7. The van der Waals surface area contributed by atoms with Gasteiger partial charge in [-0.3, -0.25) is 14.4 Å². The van der Waals surface area contributed by atoms with E-state index in [1.165, 1.54) is 16.7 Å². The number of nitrogens with one attached hydrogen (secondary N) is 2. The van der Waals surface area contributed by atoms with Crippen LogP contribution in [0.25, 0.3) is 0 Å². The average molecular weight is 508 g/mol. The molecule has 3 atom stereocenters. The SMILES string of the molecule is CC(C)[C@H](NC(=O)OC(C)(C)C)C(=O)N1CSC[C@H]1C(=O)N[C@@H](Cc1ccccc1)C(=O)C(=O)O. The lowest BCUT2D eigenvalue weighted by molar-refractivity contribution is -0.150. The van der Waals surface area contributed by atoms with Crippen molar-refractivity contribution in [1.29, 1.82) is 0 Å². The third-order valence-corrected chi connectivity index (χ3v) is 6.21. The second kappa shape index (κ2) is 12.1. The van der Waals surface area contributed by atoms with Crippen molar-refractivity contribution in [2.24, 2.45) is 5.92 Å². The van der Waals surface area contributed by atoms with Gasteiger partial charge in [-0.15, -0.1) is 11.8 Å². The Kier molecular flexibility index (Phi) is 9.70. The van der Waals surface area contributed by atoms with E-state index >= 15 is 0 Å². The Bertz CT molecular complexity index is 946. The van der Waals surface area contributed by atoms with Crippen molar-refractivity contribution in [3.63, 3.8) is 0 Å². The van der Waals surface area contributed by atoms with Gasteiger partial charge in [0.1, 0.15) is 23.7 Å². The van der Waals surface area contributed by atoms with Gasteiger partial charge in [-0.2, -0.15) is 0 Å². The van der Waals surface area contributed by atoms with Gasteiger partial charge in [-0.25, -0.2) is 9.59 Å². The molecule has 1 heterocycles. The molecule has 1 aromatic rings. The van der Waals surface area contributed by atoms with E-state index in [1.54, 1.807) is 65.0 Å². The lowest BCUT2D eigenvalue weighted by Crippen LogP contribution is -2.58. The third-order valence-electron chi connectivity index (χ3n) is 5.20. The van der Waals surface area contributed by atoms with Gasteiger partial charge >= 0.3 is 12.1 Å². The highest BCUT2D eigenvalue weighted by Gasteiger charge is 2.41. The second-order valence-corrected chi connectivity index (χ2v) is 10.6. The fourth-order valence-corrected chi connectivity index (χ4v) is 4.64. The van der Waals surface area contributed by atoms with Gasteiger partial charge in [0.05, 0.1) is 5.88 Å². The van der Waals surface area contributed by atoms with Crippen molar-refractivity contribution >= 4 is 41.4 Å². The zero-order valence-electron chi connectivity index (χ0n) is 20.6. The average Bonchev–Trinajstić information content (AvgIpc) is 3.25. The number of rotatable bonds is 9. The van der Waals surface area contributed by atoms with Gasteiger partial charge in [0.2, 0.25) is 11.8 Å². The summed E-state index contributed by atoms with van der Waals surface area (Å²) >= 11 is 1.35. The second-order valence-electron chi connectivity index (χ2n) is 9.61. The number of aliphatic carboxylic acids is 1. The van der Waals surface area contributed by atoms with Gasteiger partial charge in [-0.05, 0) is 32.3 Å². The molecule has 0 spiro atoms. The maximum Gasteiger partial charge on any atom is 0.408 e. The highest BCUT2D eigenvalue weighted by Crippen LogP contribution is 2.24. The fraction of sp³-hybridized carbons (Fsp3) is 0.542. The van der Waals surface area contributed by atoms with Crippen LogP contribution in [0.3, 0.4) is 0 Å². The van der Waals surface area contributed by atoms with E-state index in [4.69, 9.17) is 4.74 Å². The van der Waals surface area contributed by atoms with Crippen molar-refractivity contribution in [3.05, 3.63) is 35.9 Å². The molecule has 1 aliphatic heterocycles. The van der Waals surface area contributed by atoms with Crippen LogP contribution < -0.4 is 10.6 Å². The van der Waals surface area contributed by atoms with Gasteiger partial charge in [0, 0.05) is 12.2 Å². The van der Waals surface area contributed by atoms with E-state index in [2.05, 4.69) is 10.6 Å². The minimum atomic E-state index is -1.65. The number of thioether (sulfide) groups is 1. The predicted octanol–water partition coefficient (Wildman–Crippen LogP) is 1.82. The van der Waals surface area contributed by atoms with Gasteiger partial charge in [0.15, 0.2) is 0 Å². The highest BCUT2D eigenvalue weighted by atomic mass is 32.2. The quantitative estimate of drug-likeness (QED) is 0.430. The number of ketones is 1. The summed E-state index contributed by atoms with van der Waals surface area (Å²) < 4.78 is 5.27. The Labute approximate surface area is 209 Å². The number of alkyl carbamates (subject to hydrolysis) is 1. The van der Waals surface area contributed by atoms with Crippen LogP contribution in [0, 0.1) is 5.92 Å². The lowest BCUT2D eigenvalue weighted by atomic mass is 10.0. The molecule has 0 aromatic heterocycles. The van der Waals surface area contributed by atoms with Crippen molar-refractivity contribution in [2.75, 3.05) is 11.6 Å². The highest BCUT2D eigenvalue weighted by molar-refractivity contribution is 7.99. The molecule has 3 amide bonds. The van der Waals surface area contributed by atoms with E-state index in [0.717, 1.165) is 0 Å². The zero-order chi connectivity index (χ0) is 26.3. The number of hydrogen-bond donors (Lipinski definition) is 3. The van der Waals surface area contributed by atoms with Crippen molar-refractivity contribution in [2.45, 2.75) is 64.8 Å². The maximum atomic E-state index is 13.3. The standard InChI is InChI=1S/C24H33N3O7S/c1-14(2)18(26-23(33)34-24(3,4)5)21(30)27-13-35-12-17(27)20(29)25-16(19(28)22(31)32)11-15-9-7-6-8-10-15/h6-10,14,16-18H,11-13H2,1-5H3,(H,25,29)(H,26,33)(H,31,32)/t16-,17-,18-/m0/s1. The molecule has 1 saturated heterocycles. The molecule has 0 unspecified atom stereocenters. The topological polar surface area (TPSA) is 142 Å². The van der Waals surface area contributed by atoms with Crippen LogP contribution in [0.4, 0.5) is 4.79 Å². The Morgan fingerprint density at radius 3 is 2.29 bits per heavy atom. The van der Waals surface area contributed by atoms with E-state index in [-0.39, 0.29) is 24.0 Å². The van der Waals surface area contributed by atoms with E-state index < -0.39 is 53.4 Å². The summed E-state index contributed by atoms with van der Waals surface area (Å²) in [5, 5.41) is 14.3. The molecule has 0 saturated carbocycles. The molecule has 0 aliphatic carbocycles. The molecule has 0 bridgehead atoms. The van der Waals surface area contributed by atoms with Gasteiger partial charge < -0.3 is 25.4 Å². The first-order chi connectivity index (χ1) is 16.3. The van der Waals surface area contributed by atoms with Crippen LogP contribution >= 0.6 is 11.8 Å². The van der Waals surface area contributed by atoms with Crippen molar-refractivity contribution in [3.8, 4) is 0 Å². The number of amides is 3. The number of carboxylic acid groups (broad SMARTS) is 1.